The Hall–Kier alpha value is -5.63. The minimum Gasteiger partial charge on any atom is -0.493 e. The van der Waals surface area contributed by atoms with Gasteiger partial charge < -0.3 is 18.9 Å². The first-order valence-corrected chi connectivity index (χ1v) is 16.5. The molecule has 9 nitrogen and oxygen atoms in total. The number of halogens is 1. The molecule has 0 N–H and O–H groups in total. The van der Waals surface area contributed by atoms with Gasteiger partial charge in [-0.1, -0.05) is 71.5 Å². The predicted molar refractivity (Wildman–Crippen MR) is 188 cm³/mol. The molecule has 0 radical (unpaired) electrons. The van der Waals surface area contributed by atoms with Crippen molar-refractivity contribution in [2.24, 2.45) is 4.99 Å². The fourth-order valence-electron chi connectivity index (χ4n) is 5.52. The second kappa shape index (κ2) is 14.6. The van der Waals surface area contributed by atoms with Crippen LogP contribution in [0, 0.1) is 11.3 Å². The highest BCUT2D eigenvalue weighted by atomic mass is 35.5. The Morgan fingerprint density at radius 3 is 2.41 bits per heavy atom. The van der Waals surface area contributed by atoms with Crippen LogP contribution in [0.5, 0.6) is 17.2 Å². The van der Waals surface area contributed by atoms with Crippen molar-refractivity contribution in [3.8, 4) is 23.3 Å². The number of fused-ring (bicyclic) bond motifs is 1. The van der Waals surface area contributed by atoms with Crippen LogP contribution in [0.15, 0.2) is 106 Å². The summed E-state index contributed by atoms with van der Waals surface area (Å²) >= 11 is 7.60. The van der Waals surface area contributed by atoms with Crippen molar-refractivity contribution in [1.29, 1.82) is 5.26 Å². The molecule has 0 aliphatic carbocycles. The summed E-state index contributed by atoms with van der Waals surface area (Å²) in [6, 6.07) is 28.1. The zero-order valence-corrected chi connectivity index (χ0v) is 28.4. The van der Waals surface area contributed by atoms with Gasteiger partial charge >= 0.3 is 5.97 Å². The fourth-order valence-corrected chi connectivity index (χ4v) is 6.69. The Kier molecular flexibility index (Phi) is 9.95. The van der Waals surface area contributed by atoms with Gasteiger partial charge in [-0.2, -0.15) is 5.26 Å². The van der Waals surface area contributed by atoms with Gasteiger partial charge in [0.15, 0.2) is 16.3 Å². The third-order valence-corrected chi connectivity index (χ3v) is 9.05. The van der Waals surface area contributed by atoms with Crippen LogP contribution >= 0.6 is 22.9 Å². The first-order chi connectivity index (χ1) is 23.8. The number of nitrogens with zero attached hydrogens (tertiary/aromatic N) is 3. The van der Waals surface area contributed by atoms with Crippen molar-refractivity contribution in [3.63, 3.8) is 0 Å². The van der Waals surface area contributed by atoms with Crippen LogP contribution in [0.1, 0.15) is 40.8 Å². The van der Waals surface area contributed by atoms with Gasteiger partial charge in [0.05, 0.1) is 54.3 Å². The third kappa shape index (κ3) is 6.85. The topological polar surface area (TPSA) is 112 Å². The van der Waals surface area contributed by atoms with Crippen molar-refractivity contribution in [2.75, 3.05) is 20.8 Å². The minimum absolute atomic E-state index is 0.132. The number of hydrogen-bond acceptors (Lipinski definition) is 9. The zero-order chi connectivity index (χ0) is 34.5. The van der Waals surface area contributed by atoms with Gasteiger partial charge in [-0.25, -0.2) is 9.79 Å². The lowest BCUT2D eigenvalue weighted by atomic mass is 9.93. The van der Waals surface area contributed by atoms with E-state index >= 15 is 0 Å². The van der Waals surface area contributed by atoms with Crippen LogP contribution in [-0.4, -0.2) is 31.4 Å². The highest BCUT2D eigenvalue weighted by Crippen LogP contribution is 2.38. The molecule has 1 aliphatic rings. The number of methoxy groups -OCH3 is 2. The fraction of sp³-hybridized carbons (Fsp3) is 0.158. The van der Waals surface area contributed by atoms with Gasteiger partial charge in [-0.15, -0.1) is 0 Å². The molecule has 246 valence electrons. The van der Waals surface area contributed by atoms with E-state index in [2.05, 4.69) is 6.07 Å². The molecule has 5 aromatic rings. The number of benzene rings is 4. The number of thiazole rings is 1. The van der Waals surface area contributed by atoms with Crippen molar-refractivity contribution in [1.82, 2.24) is 4.57 Å². The van der Waals surface area contributed by atoms with E-state index in [4.69, 9.17) is 40.8 Å². The highest BCUT2D eigenvalue weighted by molar-refractivity contribution is 7.07. The molecule has 0 spiro atoms. The lowest BCUT2D eigenvalue weighted by Gasteiger charge is -2.26. The number of hydrogen-bond donors (Lipinski definition) is 0. The first-order valence-electron chi connectivity index (χ1n) is 15.3. The van der Waals surface area contributed by atoms with Gasteiger partial charge in [0.2, 0.25) is 0 Å². The van der Waals surface area contributed by atoms with Gasteiger partial charge in [0.25, 0.3) is 5.56 Å². The van der Waals surface area contributed by atoms with Crippen LogP contribution in [0.2, 0.25) is 5.02 Å². The van der Waals surface area contributed by atoms with Crippen LogP contribution in [0.25, 0.3) is 11.8 Å². The number of rotatable bonds is 10. The number of aromatic nitrogens is 1. The Balaban J connectivity index is 1.54. The molecule has 11 heteroatoms. The molecule has 0 unspecified atom stereocenters. The van der Waals surface area contributed by atoms with E-state index in [0.29, 0.717) is 59.6 Å². The van der Waals surface area contributed by atoms with E-state index in [1.807, 2.05) is 42.5 Å². The SMILES string of the molecule is CCOC(=O)C1=C(c2ccccc2)N=c2s/c(=C\c3cc(Cl)ccc3OCc3ccc(C#N)cc3)c(=O)n2[C@@H]1c1ccc(OC)c(OC)c1. The summed E-state index contributed by atoms with van der Waals surface area (Å²) < 4.78 is 24.7. The molecular weight excluding hydrogens is 662 g/mol. The second-order valence-corrected chi connectivity index (χ2v) is 12.3. The number of carbonyl (C=O) groups is 1. The molecular formula is C38H30ClN3O6S. The number of esters is 1. The molecule has 0 saturated carbocycles. The smallest absolute Gasteiger partial charge is 0.338 e. The monoisotopic (exact) mass is 691 g/mol. The molecule has 2 heterocycles. The van der Waals surface area contributed by atoms with Crippen LogP contribution in [-0.2, 0) is 16.1 Å². The van der Waals surface area contributed by atoms with E-state index in [1.165, 1.54) is 30.1 Å². The first kappa shape index (κ1) is 33.3. The van der Waals surface area contributed by atoms with E-state index in [0.717, 1.165) is 5.56 Å². The third-order valence-electron chi connectivity index (χ3n) is 7.83. The summed E-state index contributed by atoms with van der Waals surface area (Å²) in [5.41, 5.74) is 3.56. The second-order valence-electron chi connectivity index (χ2n) is 10.8. The molecule has 0 saturated heterocycles. The summed E-state index contributed by atoms with van der Waals surface area (Å²) in [6.07, 6.45) is 1.71. The van der Waals surface area contributed by atoms with E-state index in [-0.39, 0.29) is 24.3 Å². The van der Waals surface area contributed by atoms with Gasteiger partial charge in [-0.05, 0) is 66.6 Å². The number of nitriles is 1. The quantitative estimate of drug-likeness (QED) is 0.164. The summed E-state index contributed by atoms with van der Waals surface area (Å²) in [5.74, 6) is 0.852. The van der Waals surface area contributed by atoms with Crippen LogP contribution in [0.4, 0.5) is 0 Å². The summed E-state index contributed by atoms with van der Waals surface area (Å²) in [6.45, 7) is 2.10. The molecule has 0 bridgehead atoms. The average Bonchev–Trinajstić information content (AvgIpc) is 3.44. The lowest BCUT2D eigenvalue weighted by Crippen LogP contribution is -2.40. The Morgan fingerprint density at radius 1 is 0.980 bits per heavy atom. The highest BCUT2D eigenvalue weighted by Gasteiger charge is 2.35. The summed E-state index contributed by atoms with van der Waals surface area (Å²) in [7, 11) is 3.06. The molecule has 0 fully saturated rings. The Morgan fingerprint density at radius 2 is 1.71 bits per heavy atom. The molecule has 0 amide bonds. The number of ether oxygens (including phenoxy) is 4. The van der Waals surface area contributed by atoms with Crippen LogP contribution < -0.4 is 29.1 Å². The molecule has 1 aliphatic heterocycles. The molecule has 4 aromatic carbocycles. The summed E-state index contributed by atoms with van der Waals surface area (Å²) in [5, 5.41) is 9.58. The Bertz CT molecular complexity index is 2290. The van der Waals surface area contributed by atoms with Crippen molar-refractivity contribution in [3.05, 3.63) is 149 Å². The predicted octanol–water partition coefficient (Wildman–Crippen LogP) is 6.06. The molecule has 6 rings (SSSR count). The largest absolute Gasteiger partial charge is 0.493 e. The Labute approximate surface area is 291 Å². The van der Waals surface area contributed by atoms with Gasteiger partial charge in [0, 0.05) is 16.1 Å². The maximum Gasteiger partial charge on any atom is 0.338 e. The summed E-state index contributed by atoms with van der Waals surface area (Å²) in [4.78, 5) is 33.5. The van der Waals surface area contributed by atoms with E-state index in [9.17, 15) is 9.59 Å². The van der Waals surface area contributed by atoms with Gasteiger partial charge in [0.1, 0.15) is 12.4 Å². The zero-order valence-electron chi connectivity index (χ0n) is 26.8. The molecule has 49 heavy (non-hydrogen) atoms. The average molecular weight is 692 g/mol. The normalized spacial score (nSPS) is 14.0. The maximum absolute atomic E-state index is 14.4. The lowest BCUT2D eigenvalue weighted by molar-refractivity contribution is -0.138. The standard InChI is InChI=1S/C38H30ClN3O6S/c1-4-47-37(44)33-34(25-8-6-5-7-9-25)41-38-42(35(33)26-14-16-30(45-2)31(19-26)46-3)36(43)32(49-38)20-27-18-28(39)15-17-29(27)48-22-24-12-10-23(21-40)11-13-24/h5-20,35H,4,22H2,1-3H3/b32-20-/t35-/m1/s1. The van der Waals surface area contributed by atoms with E-state index in [1.54, 1.807) is 61.5 Å². The van der Waals surface area contributed by atoms with E-state index < -0.39 is 12.0 Å². The van der Waals surface area contributed by atoms with Crippen molar-refractivity contribution in [2.45, 2.75) is 19.6 Å². The van der Waals surface area contributed by atoms with Crippen molar-refractivity contribution >= 4 is 40.7 Å². The van der Waals surface area contributed by atoms with Crippen molar-refractivity contribution < 1.29 is 23.7 Å². The number of carbonyl (C=O) groups excluding carboxylic acids is 1. The molecule has 1 atom stereocenters. The molecule has 1 aromatic heterocycles. The van der Waals surface area contributed by atoms with Gasteiger partial charge in [-0.3, -0.25) is 9.36 Å². The minimum atomic E-state index is -0.904. The maximum atomic E-state index is 14.4. The van der Waals surface area contributed by atoms with Crippen LogP contribution in [0.3, 0.4) is 0 Å².